The van der Waals surface area contributed by atoms with E-state index in [9.17, 15) is 0 Å². The van der Waals surface area contributed by atoms with Gasteiger partial charge < -0.3 is 4.74 Å². The molecule has 1 heteroatoms. The Morgan fingerprint density at radius 3 is 2.00 bits per heavy atom. The van der Waals surface area contributed by atoms with Crippen LogP contribution in [-0.2, 0) is 0 Å². The third-order valence-electron chi connectivity index (χ3n) is 3.51. The Balaban J connectivity index is 3.01. The summed E-state index contributed by atoms with van der Waals surface area (Å²) in [4.78, 5) is 0. The van der Waals surface area contributed by atoms with Crippen LogP contribution in [0.5, 0.6) is 5.75 Å². The number of benzene rings is 1. The summed E-state index contributed by atoms with van der Waals surface area (Å²) in [6, 6.07) is 6.35. The monoisotopic (exact) mass is 220 g/mol. The first-order valence-electron chi connectivity index (χ1n) is 5.90. The fourth-order valence-corrected chi connectivity index (χ4v) is 1.25. The van der Waals surface area contributed by atoms with Gasteiger partial charge in [0.2, 0.25) is 0 Å². The minimum Gasteiger partial charge on any atom is -0.487 e. The molecule has 0 heterocycles. The minimum atomic E-state index is -0.175. The standard InChI is InChI=1S/C15H24O/c1-11-8-9-12(2)13(10-11)16-15(6,7)14(3,4)5/h8-10H,1-7H3. The fourth-order valence-electron chi connectivity index (χ4n) is 1.25. The van der Waals surface area contributed by atoms with Crippen molar-refractivity contribution in [3.8, 4) is 5.75 Å². The zero-order valence-corrected chi connectivity index (χ0v) is 11.6. The summed E-state index contributed by atoms with van der Waals surface area (Å²) in [6.45, 7) is 15.1. The van der Waals surface area contributed by atoms with Gasteiger partial charge in [-0.1, -0.05) is 32.9 Å². The van der Waals surface area contributed by atoms with Gasteiger partial charge >= 0.3 is 0 Å². The van der Waals surface area contributed by atoms with Crippen molar-refractivity contribution in [1.29, 1.82) is 0 Å². The maximum atomic E-state index is 6.18. The zero-order valence-electron chi connectivity index (χ0n) is 11.6. The van der Waals surface area contributed by atoms with Gasteiger partial charge in [0.25, 0.3) is 0 Å². The fraction of sp³-hybridized carbons (Fsp3) is 0.600. The van der Waals surface area contributed by atoms with Crippen LogP contribution in [0.15, 0.2) is 18.2 Å². The van der Waals surface area contributed by atoms with Crippen LogP contribution in [0.1, 0.15) is 45.7 Å². The molecule has 0 N–H and O–H groups in total. The van der Waals surface area contributed by atoms with Crippen LogP contribution in [0.25, 0.3) is 0 Å². The minimum absolute atomic E-state index is 0.114. The Morgan fingerprint density at radius 2 is 1.50 bits per heavy atom. The van der Waals surface area contributed by atoms with Gasteiger partial charge in [0.1, 0.15) is 11.4 Å². The lowest BCUT2D eigenvalue weighted by Gasteiger charge is -2.39. The van der Waals surface area contributed by atoms with Gasteiger partial charge in [0.15, 0.2) is 0 Å². The van der Waals surface area contributed by atoms with Crippen molar-refractivity contribution in [1.82, 2.24) is 0 Å². The summed E-state index contributed by atoms with van der Waals surface area (Å²) >= 11 is 0. The van der Waals surface area contributed by atoms with Gasteiger partial charge in [-0.25, -0.2) is 0 Å². The average Bonchev–Trinajstić information content (AvgIpc) is 2.09. The molecule has 1 nitrogen and oxygen atoms in total. The lowest BCUT2D eigenvalue weighted by molar-refractivity contribution is 0.000229. The smallest absolute Gasteiger partial charge is 0.123 e. The van der Waals surface area contributed by atoms with Crippen LogP contribution in [-0.4, -0.2) is 5.60 Å². The molecular weight excluding hydrogens is 196 g/mol. The summed E-state index contributed by atoms with van der Waals surface area (Å²) in [5.74, 6) is 1.000. The van der Waals surface area contributed by atoms with Gasteiger partial charge in [-0.05, 0) is 44.9 Å². The molecule has 0 spiro atoms. The second-order valence-corrected chi connectivity index (χ2v) is 6.13. The molecule has 1 aromatic carbocycles. The first-order valence-corrected chi connectivity index (χ1v) is 5.90. The van der Waals surface area contributed by atoms with E-state index in [-0.39, 0.29) is 11.0 Å². The number of hydrogen-bond donors (Lipinski definition) is 0. The van der Waals surface area contributed by atoms with E-state index in [2.05, 4.69) is 66.7 Å². The molecular formula is C15H24O. The molecule has 1 aromatic rings. The van der Waals surface area contributed by atoms with E-state index >= 15 is 0 Å². The van der Waals surface area contributed by atoms with Crippen LogP contribution in [0.4, 0.5) is 0 Å². The van der Waals surface area contributed by atoms with Gasteiger partial charge in [0, 0.05) is 5.41 Å². The van der Waals surface area contributed by atoms with E-state index in [0.29, 0.717) is 0 Å². The van der Waals surface area contributed by atoms with E-state index in [1.807, 2.05) is 0 Å². The summed E-state index contributed by atoms with van der Waals surface area (Å²) in [6.07, 6.45) is 0. The molecule has 0 atom stereocenters. The van der Waals surface area contributed by atoms with E-state index in [1.165, 1.54) is 11.1 Å². The maximum absolute atomic E-state index is 6.18. The average molecular weight is 220 g/mol. The lowest BCUT2D eigenvalue weighted by Crippen LogP contribution is -2.42. The van der Waals surface area contributed by atoms with Crippen LogP contribution >= 0.6 is 0 Å². The van der Waals surface area contributed by atoms with Crippen molar-refractivity contribution in [3.05, 3.63) is 29.3 Å². The summed E-state index contributed by atoms with van der Waals surface area (Å²) < 4.78 is 6.18. The molecule has 0 aliphatic rings. The van der Waals surface area contributed by atoms with E-state index < -0.39 is 0 Å². The zero-order chi connectivity index (χ0) is 12.6. The first-order chi connectivity index (χ1) is 7.13. The highest BCUT2D eigenvalue weighted by atomic mass is 16.5. The first kappa shape index (κ1) is 13.1. The predicted octanol–water partition coefficient (Wildman–Crippen LogP) is 4.51. The SMILES string of the molecule is Cc1ccc(C)c(OC(C)(C)C(C)(C)C)c1. The van der Waals surface area contributed by atoms with E-state index in [0.717, 1.165) is 5.75 Å². The van der Waals surface area contributed by atoms with Crippen LogP contribution in [0.2, 0.25) is 0 Å². The molecule has 0 fully saturated rings. The van der Waals surface area contributed by atoms with Crippen molar-refractivity contribution in [2.24, 2.45) is 5.41 Å². The normalized spacial score (nSPS) is 12.7. The molecule has 0 bridgehead atoms. The molecule has 90 valence electrons. The lowest BCUT2D eigenvalue weighted by atomic mass is 9.79. The molecule has 0 saturated carbocycles. The van der Waals surface area contributed by atoms with Gasteiger partial charge in [0.05, 0.1) is 0 Å². The third-order valence-corrected chi connectivity index (χ3v) is 3.51. The summed E-state index contributed by atoms with van der Waals surface area (Å²) in [7, 11) is 0. The molecule has 1 rings (SSSR count). The number of hydrogen-bond acceptors (Lipinski definition) is 1. The molecule has 0 aliphatic carbocycles. The summed E-state index contributed by atoms with van der Waals surface area (Å²) in [5, 5.41) is 0. The molecule has 0 saturated heterocycles. The van der Waals surface area contributed by atoms with Crippen molar-refractivity contribution in [2.75, 3.05) is 0 Å². The van der Waals surface area contributed by atoms with Crippen LogP contribution in [0, 0.1) is 19.3 Å². The third kappa shape index (κ3) is 2.78. The molecule has 0 radical (unpaired) electrons. The van der Waals surface area contributed by atoms with Crippen LogP contribution in [0.3, 0.4) is 0 Å². The molecule has 0 aromatic heterocycles. The Labute approximate surface area is 99.8 Å². The Kier molecular flexibility index (Phi) is 3.37. The largest absolute Gasteiger partial charge is 0.487 e. The summed E-state index contributed by atoms with van der Waals surface area (Å²) in [5.41, 5.74) is 2.38. The van der Waals surface area contributed by atoms with E-state index in [1.54, 1.807) is 0 Å². The van der Waals surface area contributed by atoms with Crippen molar-refractivity contribution in [3.63, 3.8) is 0 Å². The number of aryl methyl sites for hydroxylation is 2. The van der Waals surface area contributed by atoms with Crippen molar-refractivity contribution < 1.29 is 4.74 Å². The second-order valence-electron chi connectivity index (χ2n) is 6.13. The Bertz CT molecular complexity index is 370. The Morgan fingerprint density at radius 1 is 0.938 bits per heavy atom. The van der Waals surface area contributed by atoms with Crippen molar-refractivity contribution >= 4 is 0 Å². The number of ether oxygens (including phenoxy) is 1. The van der Waals surface area contributed by atoms with Crippen molar-refractivity contribution in [2.45, 2.75) is 54.1 Å². The second kappa shape index (κ2) is 4.12. The predicted molar refractivity (Wildman–Crippen MR) is 70.1 cm³/mol. The van der Waals surface area contributed by atoms with Gasteiger partial charge in [-0.3, -0.25) is 0 Å². The molecule has 0 amide bonds. The highest BCUT2D eigenvalue weighted by molar-refractivity contribution is 5.36. The molecule has 0 unspecified atom stereocenters. The highest BCUT2D eigenvalue weighted by Gasteiger charge is 2.35. The quantitative estimate of drug-likeness (QED) is 0.712. The molecule has 16 heavy (non-hydrogen) atoms. The van der Waals surface area contributed by atoms with E-state index in [4.69, 9.17) is 4.74 Å². The van der Waals surface area contributed by atoms with Crippen LogP contribution < -0.4 is 4.74 Å². The topological polar surface area (TPSA) is 9.23 Å². The van der Waals surface area contributed by atoms with Gasteiger partial charge in [-0.2, -0.15) is 0 Å². The highest BCUT2D eigenvalue weighted by Crippen LogP contribution is 2.35. The maximum Gasteiger partial charge on any atom is 0.123 e. The molecule has 0 aliphatic heterocycles. The number of rotatable bonds is 2. The van der Waals surface area contributed by atoms with Gasteiger partial charge in [-0.15, -0.1) is 0 Å². The Hall–Kier alpha value is -0.980.